The average molecular weight is 261 g/mol. The second-order valence-electron chi connectivity index (χ2n) is 4.46. The van der Waals surface area contributed by atoms with E-state index in [4.69, 9.17) is 4.74 Å². The number of piperidine rings is 1. The van der Waals surface area contributed by atoms with Gasteiger partial charge in [-0.1, -0.05) is 5.21 Å². The molecule has 8 heteroatoms. The fourth-order valence-electron chi connectivity index (χ4n) is 2.34. The topological polar surface area (TPSA) is 92.7 Å². The number of methoxy groups -OCH3 is 1. The Morgan fingerprint density at radius 3 is 3.21 bits per heavy atom. The zero-order valence-electron chi connectivity index (χ0n) is 10.7. The number of hydrogen-bond donors (Lipinski definition) is 1. The van der Waals surface area contributed by atoms with E-state index in [1.54, 1.807) is 13.3 Å². The maximum absolute atomic E-state index is 5.06. The molecule has 1 saturated heterocycles. The van der Waals surface area contributed by atoms with Crippen molar-refractivity contribution in [2.24, 2.45) is 0 Å². The standard InChI is InChI=1S/C11H15N7O/c1-19-11-12-5-4-9(13-11)18-6-2-3-8(7-18)10-14-16-17-15-10/h4-5,8H,2-3,6-7H2,1H3,(H,14,15,16,17). The Hall–Kier alpha value is -2.25. The van der Waals surface area contributed by atoms with Gasteiger partial charge >= 0.3 is 6.01 Å². The molecule has 0 aromatic carbocycles. The van der Waals surface area contributed by atoms with Crippen LogP contribution in [0.4, 0.5) is 5.82 Å². The van der Waals surface area contributed by atoms with Crippen LogP contribution in [0.2, 0.25) is 0 Å². The van der Waals surface area contributed by atoms with Crippen molar-refractivity contribution in [3.05, 3.63) is 18.1 Å². The van der Waals surface area contributed by atoms with Gasteiger partial charge in [-0.15, -0.1) is 10.2 Å². The molecule has 8 nitrogen and oxygen atoms in total. The smallest absolute Gasteiger partial charge is 0.318 e. The molecule has 0 radical (unpaired) electrons. The number of nitrogens with zero attached hydrogens (tertiary/aromatic N) is 6. The fraction of sp³-hybridized carbons (Fsp3) is 0.545. The number of hydrogen-bond acceptors (Lipinski definition) is 7. The molecule has 0 saturated carbocycles. The van der Waals surface area contributed by atoms with Crippen molar-refractivity contribution < 1.29 is 4.74 Å². The molecular weight excluding hydrogens is 246 g/mol. The largest absolute Gasteiger partial charge is 0.467 e. The lowest BCUT2D eigenvalue weighted by Gasteiger charge is -2.32. The summed E-state index contributed by atoms with van der Waals surface area (Å²) >= 11 is 0. The van der Waals surface area contributed by atoms with Crippen LogP contribution in [0.5, 0.6) is 6.01 Å². The molecule has 1 aliphatic heterocycles. The lowest BCUT2D eigenvalue weighted by Crippen LogP contribution is -2.35. The fourth-order valence-corrected chi connectivity index (χ4v) is 2.34. The van der Waals surface area contributed by atoms with E-state index >= 15 is 0 Å². The zero-order chi connectivity index (χ0) is 13.1. The molecule has 1 aliphatic rings. The molecule has 3 rings (SSSR count). The molecule has 0 spiro atoms. The van der Waals surface area contributed by atoms with Gasteiger partial charge in [0.05, 0.1) is 7.11 Å². The number of tetrazole rings is 1. The summed E-state index contributed by atoms with van der Waals surface area (Å²) in [7, 11) is 1.57. The summed E-state index contributed by atoms with van der Waals surface area (Å²) in [6.45, 7) is 1.80. The van der Waals surface area contributed by atoms with E-state index in [0.717, 1.165) is 37.6 Å². The third-order valence-electron chi connectivity index (χ3n) is 3.27. The van der Waals surface area contributed by atoms with Crippen molar-refractivity contribution in [3.8, 4) is 6.01 Å². The number of aromatic amines is 1. The molecule has 1 unspecified atom stereocenters. The van der Waals surface area contributed by atoms with Crippen molar-refractivity contribution in [1.29, 1.82) is 0 Å². The van der Waals surface area contributed by atoms with Crippen LogP contribution in [-0.2, 0) is 0 Å². The van der Waals surface area contributed by atoms with Crippen LogP contribution in [0.25, 0.3) is 0 Å². The molecule has 19 heavy (non-hydrogen) atoms. The Balaban J connectivity index is 1.77. The number of ether oxygens (including phenoxy) is 1. The van der Waals surface area contributed by atoms with Crippen molar-refractivity contribution in [2.45, 2.75) is 18.8 Å². The Kier molecular flexibility index (Phi) is 3.21. The third-order valence-corrected chi connectivity index (χ3v) is 3.27. The lowest BCUT2D eigenvalue weighted by atomic mass is 9.97. The van der Waals surface area contributed by atoms with E-state index in [1.165, 1.54) is 0 Å². The van der Waals surface area contributed by atoms with E-state index in [0.29, 0.717) is 6.01 Å². The molecule has 2 aromatic heterocycles. The average Bonchev–Trinajstić information content (AvgIpc) is 3.02. The van der Waals surface area contributed by atoms with Crippen LogP contribution in [0, 0.1) is 0 Å². The van der Waals surface area contributed by atoms with Gasteiger partial charge in [-0.2, -0.15) is 10.2 Å². The molecule has 0 aliphatic carbocycles. The number of nitrogens with one attached hydrogen (secondary N) is 1. The van der Waals surface area contributed by atoms with Crippen LogP contribution >= 0.6 is 0 Å². The third kappa shape index (κ3) is 2.47. The van der Waals surface area contributed by atoms with E-state index < -0.39 is 0 Å². The maximum Gasteiger partial charge on any atom is 0.318 e. The summed E-state index contributed by atoms with van der Waals surface area (Å²) in [5.74, 6) is 1.93. The van der Waals surface area contributed by atoms with Gasteiger partial charge < -0.3 is 9.64 Å². The highest BCUT2D eigenvalue weighted by atomic mass is 16.5. The normalized spacial score (nSPS) is 19.4. The Morgan fingerprint density at radius 2 is 2.42 bits per heavy atom. The summed E-state index contributed by atoms with van der Waals surface area (Å²) < 4.78 is 5.06. The van der Waals surface area contributed by atoms with E-state index in [-0.39, 0.29) is 5.92 Å². The summed E-state index contributed by atoms with van der Waals surface area (Å²) in [5, 5.41) is 14.3. The van der Waals surface area contributed by atoms with E-state index in [9.17, 15) is 0 Å². The SMILES string of the molecule is COc1nccc(N2CCCC(c3nn[nH]n3)C2)n1. The Morgan fingerprint density at radius 1 is 1.47 bits per heavy atom. The molecule has 3 heterocycles. The zero-order valence-corrected chi connectivity index (χ0v) is 10.7. The summed E-state index contributed by atoms with van der Waals surface area (Å²) in [5.41, 5.74) is 0. The van der Waals surface area contributed by atoms with Gasteiger partial charge in [0.1, 0.15) is 5.82 Å². The first kappa shape index (κ1) is 11.8. The highest BCUT2D eigenvalue weighted by Gasteiger charge is 2.25. The van der Waals surface area contributed by atoms with Gasteiger partial charge in [0.2, 0.25) is 0 Å². The predicted molar refractivity (Wildman–Crippen MR) is 66.9 cm³/mol. The lowest BCUT2D eigenvalue weighted by molar-refractivity contribution is 0.378. The monoisotopic (exact) mass is 261 g/mol. The second-order valence-corrected chi connectivity index (χ2v) is 4.46. The summed E-state index contributed by atoms with van der Waals surface area (Å²) in [6.07, 6.45) is 3.85. The van der Waals surface area contributed by atoms with Gasteiger partial charge in [-0.3, -0.25) is 0 Å². The van der Waals surface area contributed by atoms with Gasteiger partial charge in [0, 0.05) is 25.2 Å². The first-order valence-corrected chi connectivity index (χ1v) is 6.22. The van der Waals surface area contributed by atoms with Crippen molar-refractivity contribution >= 4 is 5.82 Å². The van der Waals surface area contributed by atoms with Gasteiger partial charge in [-0.05, 0) is 18.9 Å². The molecule has 1 fully saturated rings. The minimum absolute atomic E-state index is 0.286. The first-order valence-electron chi connectivity index (χ1n) is 6.22. The van der Waals surface area contributed by atoms with Gasteiger partial charge in [0.25, 0.3) is 0 Å². The van der Waals surface area contributed by atoms with Crippen molar-refractivity contribution in [3.63, 3.8) is 0 Å². The summed E-state index contributed by atoms with van der Waals surface area (Å²) in [6, 6.07) is 2.28. The van der Waals surface area contributed by atoms with E-state index in [2.05, 4.69) is 35.5 Å². The van der Waals surface area contributed by atoms with Crippen LogP contribution in [0.15, 0.2) is 12.3 Å². The van der Waals surface area contributed by atoms with Crippen LogP contribution in [0.3, 0.4) is 0 Å². The molecule has 100 valence electrons. The molecule has 2 aromatic rings. The number of H-pyrrole nitrogens is 1. The van der Waals surface area contributed by atoms with Crippen LogP contribution in [0.1, 0.15) is 24.6 Å². The van der Waals surface area contributed by atoms with Crippen molar-refractivity contribution in [2.75, 3.05) is 25.1 Å². The minimum atomic E-state index is 0.286. The second kappa shape index (κ2) is 5.17. The van der Waals surface area contributed by atoms with Crippen molar-refractivity contribution in [1.82, 2.24) is 30.6 Å². The Bertz CT molecular complexity index is 530. The maximum atomic E-state index is 5.06. The quantitative estimate of drug-likeness (QED) is 0.853. The predicted octanol–water partition coefficient (Wildman–Crippen LogP) is 0.382. The molecule has 1 atom stereocenters. The Labute approximate surface area is 110 Å². The molecular formula is C11H15N7O. The van der Waals surface area contributed by atoms with Gasteiger partial charge in [-0.25, -0.2) is 4.98 Å². The first-order chi connectivity index (χ1) is 9.36. The van der Waals surface area contributed by atoms with E-state index in [1.807, 2.05) is 6.07 Å². The van der Waals surface area contributed by atoms with Crippen LogP contribution < -0.4 is 9.64 Å². The highest BCUT2D eigenvalue weighted by molar-refractivity contribution is 5.39. The molecule has 0 bridgehead atoms. The minimum Gasteiger partial charge on any atom is -0.467 e. The highest BCUT2D eigenvalue weighted by Crippen LogP contribution is 2.27. The number of rotatable bonds is 3. The molecule has 1 N–H and O–H groups in total. The number of anilines is 1. The number of aromatic nitrogens is 6. The van der Waals surface area contributed by atoms with Crippen LogP contribution in [-0.4, -0.2) is 50.8 Å². The van der Waals surface area contributed by atoms with Gasteiger partial charge in [0.15, 0.2) is 5.82 Å². The molecule has 0 amide bonds. The summed E-state index contributed by atoms with van der Waals surface area (Å²) in [4.78, 5) is 10.6.